The van der Waals surface area contributed by atoms with Gasteiger partial charge in [-0.05, 0) is 18.9 Å². The highest BCUT2D eigenvalue weighted by atomic mass is 35.5. The molecule has 0 radical (unpaired) electrons. The summed E-state index contributed by atoms with van der Waals surface area (Å²) in [5.41, 5.74) is -0.956. The second-order valence-electron chi connectivity index (χ2n) is 5.00. The number of amides is 1. The van der Waals surface area contributed by atoms with E-state index in [1.165, 1.54) is 12.1 Å². The maximum Gasteiger partial charge on any atom is 0.259 e. The van der Waals surface area contributed by atoms with Gasteiger partial charge in [0.25, 0.3) is 5.91 Å². The van der Waals surface area contributed by atoms with Gasteiger partial charge in [0, 0.05) is 6.07 Å². The highest BCUT2D eigenvalue weighted by Crippen LogP contribution is 2.33. The molecule has 0 aliphatic carbocycles. The zero-order valence-electron chi connectivity index (χ0n) is 11.8. The molecule has 1 atom stereocenters. The molecule has 1 N–H and O–H groups in total. The average molecular weight is 350 g/mol. The first-order valence-corrected chi connectivity index (χ1v) is 7.32. The summed E-state index contributed by atoms with van der Waals surface area (Å²) in [5, 5.41) is 12.6. The van der Waals surface area contributed by atoms with Crippen LogP contribution in [0.1, 0.15) is 20.8 Å². The van der Waals surface area contributed by atoms with Gasteiger partial charge in [-0.15, -0.1) is 0 Å². The quantitative estimate of drug-likeness (QED) is 0.815. The fourth-order valence-corrected chi connectivity index (χ4v) is 1.98. The highest BCUT2D eigenvalue weighted by molar-refractivity contribution is 6.43. The summed E-state index contributed by atoms with van der Waals surface area (Å²) in [4.78, 5) is 11.9. The van der Waals surface area contributed by atoms with E-state index in [1.807, 2.05) is 13.8 Å². The molecule has 21 heavy (non-hydrogen) atoms. The molecule has 0 saturated heterocycles. The first kappa shape index (κ1) is 17.9. The van der Waals surface area contributed by atoms with E-state index in [4.69, 9.17) is 44.8 Å². The van der Waals surface area contributed by atoms with E-state index in [0.29, 0.717) is 5.02 Å². The molecule has 0 bridgehead atoms. The van der Waals surface area contributed by atoms with Crippen molar-refractivity contribution in [2.24, 2.45) is 5.92 Å². The van der Waals surface area contributed by atoms with Crippen molar-refractivity contribution in [1.82, 2.24) is 5.32 Å². The Balaban J connectivity index is 2.70. The van der Waals surface area contributed by atoms with Crippen LogP contribution in [0.4, 0.5) is 0 Å². The SMILES string of the molecule is CC(C)C(C)(C#N)NC(=O)COc1cc(Cl)c(Cl)cc1Cl. The maximum absolute atomic E-state index is 11.9. The van der Waals surface area contributed by atoms with E-state index in [1.54, 1.807) is 6.92 Å². The van der Waals surface area contributed by atoms with Gasteiger partial charge < -0.3 is 10.1 Å². The zero-order valence-corrected chi connectivity index (χ0v) is 14.1. The van der Waals surface area contributed by atoms with Gasteiger partial charge in [0.1, 0.15) is 11.3 Å². The molecule has 0 aliphatic heterocycles. The minimum atomic E-state index is -0.956. The molecule has 1 aromatic rings. The van der Waals surface area contributed by atoms with Crippen LogP contribution in [0.3, 0.4) is 0 Å². The Morgan fingerprint density at radius 1 is 1.33 bits per heavy atom. The molecule has 4 nitrogen and oxygen atoms in total. The summed E-state index contributed by atoms with van der Waals surface area (Å²) in [6.07, 6.45) is 0. The monoisotopic (exact) mass is 348 g/mol. The largest absolute Gasteiger partial charge is 0.482 e. The first-order valence-electron chi connectivity index (χ1n) is 6.19. The van der Waals surface area contributed by atoms with Gasteiger partial charge in [0.2, 0.25) is 0 Å². The molecule has 7 heteroatoms. The van der Waals surface area contributed by atoms with Crippen LogP contribution in [0.15, 0.2) is 12.1 Å². The van der Waals surface area contributed by atoms with Crippen LogP contribution in [-0.2, 0) is 4.79 Å². The standard InChI is InChI=1S/C14H15Cl3N2O2/c1-8(2)14(3,7-18)19-13(20)6-21-12-5-10(16)9(15)4-11(12)17/h4-5,8H,6H2,1-3H3,(H,19,20). The molecule has 1 rings (SSSR count). The number of hydrogen-bond donors (Lipinski definition) is 1. The van der Waals surface area contributed by atoms with E-state index in [2.05, 4.69) is 11.4 Å². The molecule has 0 spiro atoms. The van der Waals surface area contributed by atoms with Crippen molar-refractivity contribution in [3.05, 3.63) is 27.2 Å². The van der Waals surface area contributed by atoms with Crippen molar-refractivity contribution in [3.8, 4) is 11.8 Å². The number of nitrogens with one attached hydrogen (secondary N) is 1. The maximum atomic E-state index is 11.9. The molecular formula is C14H15Cl3N2O2. The Bertz CT molecular complexity index is 584. The van der Waals surface area contributed by atoms with Crippen LogP contribution in [0.5, 0.6) is 5.75 Å². The molecule has 114 valence electrons. The number of carbonyl (C=O) groups excluding carboxylic acids is 1. The van der Waals surface area contributed by atoms with Crippen molar-refractivity contribution >= 4 is 40.7 Å². The zero-order chi connectivity index (χ0) is 16.2. The van der Waals surface area contributed by atoms with E-state index < -0.39 is 11.4 Å². The van der Waals surface area contributed by atoms with E-state index in [-0.39, 0.29) is 28.3 Å². The number of carbonyl (C=O) groups is 1. The Hall–Kier alpha value is -1.15. The lowest BCUT2D eigenvalue weighted by Gasteiger charge is -2.27. The summed E-state index contributed by atoms with van der Waals surface area (Å²) in [6.45, 7) is 5.07. The number of benzene rings is 1. The highest BCUT2D eigenvalue weighted by Gasteiger charge is 2.30. The predicted molar refractivity (Wildman–Crippen MR) is 84.0 cm³/mol. The molecule has 0 aliphatic rings. The lowest BCUT2D eigenvalue weighted by molar-refractivity contribution is -0.124. The fraction of sp³-hybridized carbons (Fsp3) is 0.429. The van der Waals surface area contributed by atoms with Gasteiger partial charge in [-0.3, -0.25) is 4.79 Å². The van der Waals surface area contributed by atoms with Crippen molar-refractivity contribution < 1.29 is 9.53 Å². The molecule has 0 saturated carbocycles. The van der Waals surface area contributed by atoms with E-state index in [0.717, 1.165) is 0 Å². The summed E-state index contributed by atoms with van der Waals surface area (Å²) in [6, 6.07) is 4.96. The van der Waals surface area contributed by atoms with Crippen LogP contribution < -0.4 is 10.1 Å². The van der Waals surface area contributed by atoms with Crippen LogP contribution in [0.25, 0.3) is 0 Å². The van der Waals surface area contributed by atoms with Crippen LogP contribution in [-0.4, -0.2) is 18.1 Å². The van der Waals surface area contributed by atoms with Gasteiger partial charge in [-0.25, -0.2) is 0 Å². The third-order valence-electron chi connectivity index (χ3n) is 3.12. The molecule has 1 unspecified atom stereocenters. The Kier molecular flexibility index (Phi) is 6.15. The molecule has 1 aromatic carbocycles. The number of nitrogens with zero attached hydrogens (tertiary/aromatic N) is 1. The minimum absolute atomic E-state index is 0.0417. The summed E-state index contributed by atoms with van der Waals surface area (Å²) in [5.74, 6) is -0.209. The van der Waals surface area contributed by atoms with Gasteiger partial charge in [0.15, 0.2) is 6.61 Å². The summed E-state index contributed by atoms with van der Waals surface area (Å²) >= 11 is 17.6. The minimum Gasteiger partial charge on any atom is -0.482 e. The smallest absolute Gasteiger partial charge is 0.259 e. The van der Waals surface area contributed by atoms with Crippen LogP contribution >= 0.6 is 34.8 Å². The van der Waals surface area contributed by atoms with Gasteiger partial charge >= 0.3 is 0 Å². The van der Waals surface area contributed by atoms with Crippen molar-refractivity contribution in [2.75, 3.05) is 6.61 Å². The Labute approximate surface area is 138 Å². The van der Waals surface area contributed by atoms with Crippen molar-refractivity contribution in [3.63, 3.8) is 0 Å². The fourth-order valence-electron chi connectivity index (χ4n) is 1.39. The lowest BCUT2D eigenvalue weighted by Crippen LogP contribution is -2.50. The normalized spacial score (nSPS) is 13.4. The Morgan fingerprint density at radius 2 is 1.90 bits per heavy atom. The third-order valence-corrected chi connectivity index (χ3v) is 4.14. The number of ether oxygens (including phenoxy) is 1. The van der Waals surface area contributed by atoms with Gasteiger partial charge in [-0.2, -0.15) is 5.26 Å². The van der Waals surface area contributed by atoms with Crippen LogP contribution in [0, 0.1) is 17.2 Å². The summed E-state index contributed by atoms with van der Waals surface area (Å²) < 4.78 is 5.31. The number of hydrogen-bond acceptors (Lipinski definition) is 3. The number of rotatable bonds is 5. The first-order chi connectivity index (χ1) is 9.69. The van der Waals surface area contributed by atoms with Crippen LogP contribution in [0.2, 0.25) is 15.1 Å². The van der Waals surface area contributed by atoms with E-state index in [9.17, 15) is 4.79 Å². The molecular weight excluding hydrogens is 335 g/mol. The lowest BCUT2D eigenvalue weighted by atomic mass is 9.90. The molecule has 0 aromatic heterocycles. The average Bonchev–Trinajstić information content (AvgIpc) is 2.41. The van der Waals surface area contributed by atoms with Crippen molar-refractivity contribution in [2.45, 2.75) is 26.3 Å². The second kappa shape index (κ2) is 7.22. The van der Waals surface area contributed by atoms with Gasteiger partial charge in [-0.1, -0.05) is 48.7 Å². The second-order valence-corrected chi connectivity index (χ2v) is 6.22. The summed E-state index contributed by atoms with van der Waals surface area (Å²) in [7, 11) is 0. The third kappa shape index (κ3) is 4.67. The van der Waals surface area contributed by atoms with Crippen molar-refractivity contribution in [1.29, 1.82) is 5.26 Å². The number of halogens is 3. The number of nitriles is 1. The molecule has 0 fully saturated rings. The van der Waals surface area contributed by atoms with Gasteiger partial charge in [0.05, 0.1) is 21.1 Å². The molecule has 1 amide bonds. The Morgan fingerprint density at radius 3 is 2.43 bits per heavy atom. The van der Waals surface area contributed by atoms with E-state index >= 15 is 0 Å². The molecule has 0 heterocycles. The topological polar surface area (TPSA) is 62.1 Å². The predicted octanol–water partition coefficient (Wildman–Crippen LogP) is 4.08.